The van der Waals surface area contributed by atoms with Crippen LogP contribution in [-0.2, 0) is 11.3 Å². The number of carbonyl (C=O) groups is 3. The average Bonchev–Trinajstić information content (AvgIpc) is 2.94. The molecule has 0 radical (unpaired) electrons. The fourth-order valence-corrected chi connectivity index (χ4v) is 3.75. The van der Waals surface area contributed by atoms with Crippen molar-refractivity contribution in [3.63, 3.8) is 0 Å². The maximum absolute atomic E-state index is 14.7. The molecule has 10 heteroatoms. The van der Waals surface area contributed by atoms with Crippen molar-refractivity contribution < 1.29 is 27.9 Å². The van der Waals surface area contributed by atoms with Gasteiger partial charge in [0.2, 0.25) is 0 Å². The van der Waals surface area contributed by atoms with Gasteiger partial charge in [-0.05, 0) is 59.2 Å². The number of methoxy groups -OCH3 is 1. The number of nitrogens with two attached hydrogens (primary N) is 1. The molecule has 1 heterocycles. The van der Waals surface area contributed by atoms with Crippen molar-refractivity contribution in [3.05, 3.63) is 113 Å². The van der Waals surface area contributed by atoms with Crippen LogP contribution in [-0.4, -0.2) is 29.9 Å². The van der Waals surface area contributed by atoms with Crippen LogP contribution in [0.2, 0.25) is 0 Å². The van der Waals surface area contributed by atoms with Gasteiger partial charge in [0, 0.05) is 23.9 Å². The average molecular weight is 517 g/mol. The number of nitrogens with one attached hydrogen (secondary N) is 2. The molecule has 4 rings (SSSR count). The van der Waals surface area contributed by atoms with Crippen LogP contribution in [0.15, 0.2) is 79.1 Å². The number of amides is 2. The monoisotopic (exact) mass is 516 g/mol. The molecule has 0 saturated heterocycles. The first-order valence-corrected chi connectivity index (χ1v) is 11.3. The Bertz CT molecular complexity index is 1540. The normalized spacial score (nSPS) is 10.5. The quantitative estimate of drug-likeness (QED) is 0.304. The fraction of sp³-hybridized carbons (Fsp3) is 0.0714. The zero-order valence-corrected chi connectivity index (χ0v) is 20.1. The fourth-order valence-electron chi connectivity index (χ4n) is 3.75. The lowest BCUT2D eigenvalue weighted by molar-refractivity contribution is 0.0595. The highest BCUT2D eigenvalue weighted by Crippen LogP contribution is 2.27. The van der Waals surface area contributed by atoms with Gasteiger partial charge in [-0.3, -0.25) is 14.6 Å². The van der Waals surface area contributed by atoms with Crippen molar-refractivity contribution in [1.29, 1.82) is 0 Å². The minimum Gasteiger partial charge on any atom is -0.465 e. The third-order valence-electron chi connectivity index (χ3n) is 5.70. The lowest BCUT2D eigenvalue weighted by Crippen LogP contribution is -2.15. The van der Waals surface area contributed by atoms with Gasteiger partial charge in [-0.15, -0.1) is 0 Å². The SMILES string of the molecule is COC(=O)c1cccc(NC(=O)c2cccc(-c3cc(C(=O)Nc4ccncc4F)ccc3CN)c2)c1F. The first kappa shape index (κ1) is 26.1. The summed E-state index contributed by atoms with van der Waals surface area (Å²) in [5, 5.41) is 4.97. The van der Waals surface area contributed by atoms with E-state index in [9.17, 15) is 23.2 Å². The Labute approximate surface area is 216 Å². The summed E-state index contributed by atoms with van der Waals surface area (Å²) in [5.41, 5.74) is 7.69. The zero-order chi connectivity index (χ0) is 27.2. The molecule has 38 heavy (non-hydrogen) atoms. The van der Waals surface area contributed by atoms with E-state index in [0.29, 0.717) is 16.7 Å². The predicted molar refractivity (Wildman–Crippen MR) is 138 cm³/mol. The molecular weight excluding hydrogens is 494 g/mol. The topological polar surface area (TPSA) is 123 Å². The molecule has 8 nitrogen and oxygen atoms in total. The van der Waals surface area contributed by atoms with Crippen LogP contribution in [0, 0.1) is 11.6 Å². The van der Waals surface area contributed by atoms with E-state index in [1.54, 1.807) is 36.4 Å². The molecule has 4 N–H and O–H groups in total. The second kappa shape index (κ2) is 11.4. The molecule has 0 aliphatic heterocycles. The van der Waals surface area contributed by atoms with Gasteiger partial charge in [0.05, 0.1) is 30.2 Å². The maximum atomic E-state index is 14.7. The molecule has 0 fully saturated rings. The first-order valence-electron chi connectivity index (χ1n) is 11.3. The van der Waals surface area contributed by atoms with Crippen molar-refractivity contribution >= 4 is 29.2 Å². The summed E-state index contributed by atoms with van der Waals surface area (Å²) in [6, 6.07) is 16.6. The Balaban J connectivity index is 1.62. The number of esters is 1. The summed E-state index contributed by atoms with van der Waals surface area (Å²) in [6.45, 7) is 0.151. The first-order chi connectivity index (χ1) is 18.3. The molecule has 0 aliphatic carbocycles. The Hall–Kier alpha value is -4.96. The van der Waals surface area contributed by atoms with E-state index in [-0.39, 0.29) is 34.6 Å². The number of carbonyl (C=O) groups excluding carboxylic acids is 3. The minimum atomic E-state index is -0.918. The number of rotatable bonds is 7. The van der Waals surface area contributed by atoms with E-state index in [4.69, 9.17) is 5.73 Å². The van der Waals surface area contributed by atoms with Crippen LogP contribution in [0.25, 0.3) is 11.1 Å². The van der Waals surface area contributed by atoms with Gasteiger partial charge in [0.1, 0.15) is 0 Å². The standard InChI is InChI=1S/C28H22F2N4O4/c1-38-28(37)20-6-3-7-24(25(20)30)34-26(35)17-5-2-4-16(12-17)21-13-18(8-9-19(21)14-31)27(36)33-23-10-11-32-15-22(23)29/h2-13,15H,14,31H2,1H3,(H,34,35)(H,32,33,36). The lowest BCUT2D eigenvalue weighted by atomic mass is 9.95. The minimum absolute atomic E-state index is 0.0170. The Morgan fingerprint density at radius 1 is 0.895 bits per heavy atom. The van der Waals surface area contributed by atoms with E-state index < -0.39 is 29.4 Å². The lowest BCUT2D eigenvalue weighted by Gasteiger charge is -2.13. The van der Waals surface area contributed by atoms with Gasteiger partial charge < -0.3 is 21.1 Å². The molecule has 2 amide bonds. The Morgan fingerprint density at radius 2 is 1.61 bits per heavy atom. The number of hydrogen-bond acceptors (Lipinski definition) is 6. The zero-order valence-electron chi connectivity index (χ0n) is 20.1. The van der Waals surface area contributed by atoms with Gasteiger partial charge >= 0.3 is 5.97 Å². The largest absolute Gasteiger partial charge is 0.465 e. The molecule has 0 aliphatic rings. The number of nitrogens with zero attached hydrogens (tertiary/aromatic N) is 1. The summed E-state index contributed by atoms with van der Waals surface area (Å²) < 4.78 is 33.2. The van der Waals surface area contributed by atoms with Crippen LogP contribution >= 0.6 is 0 Å². The number of hydrogen-bond donors (Lipinski definition) is 3. The smallest absolute Gasteiger partial charge is 0.340 e. The summed E-state index contributed by atoms with van der Waals surface area (Å²) in [7, 11) is 1.13. The molecule has 0 spiro atoms. The summed E-state index contributed by atoms with van der Waals surface area (Å²) >= 11 is 0. The highest BCUT2D eigenvalue weighted by Gasteiger charge is 2.18. The van der Waals surface area contributed by atoms with Gasteiger partial charge in [-0.25, -0.2) is 13.6 Å². The van der Waals surface area contributed by atoms with Crippen LogP contribution in [0.3, 0.4) is 0 Å². The van der Waals surface area contributed by atoms with E-state index in [1.807, 2.05) is 0 Å². The summed E-state index contributed by atoms with van der Waals surface area (Å²) in [5.74, 6) is -3.63. The molecule has 4 aromatic rings. The van der Waals surface area contributed by atoms with Crippen molar-refractivity contribution in [2.75, 3.05) is 17.7 Å². The van der Waals surface area contributed by atoms with E-state index in [2.05, 4.69) is 20.4 Å². The highest BCUT2D eigenvalue weighted by atomic mass is 19.1. The number of halogens is 2. The molecule has 0 unspecified atom stereocenters. The highest BCUT2D eigenvalue weighted by molar-refractivity contribution is 6.07. The van der Waals surface area contributed by atoms with Crippen molar-refractivity contribution in [2.24, 2.45) is 5.73 Å². The number of anilines is 2. The Kier molecular flexibility index (Phi) is 7.83. The summed E-state index contributed by atoms with van der Waals surface area (Å²) in [4.78, 5) is 41.2. The molecule has 192 valence electrons. The van der Waals surface area contributed by atoms with Gasteiger partial charge in [0.15, 0.2) is 11.6 Å². The molecular formula is C28H22F2N4O4. The number of pyridine rings is 1. The molecule has 1 aromatic heterocycles. The predicted octanol–water partition coefficient (Wildman–Crippen LogP) is 4.78. The molecule has 3 aromatic carbocycles. The van der Waals surface area contributed by atoms with Gasteiger partial charge in [-0.2, -0.15) is 0 Å². The van der Waals surface area contributed by atoms with E-state index in [0.717, 1.165) is 13.3 Å². The molecule has 0 saturated carbocycles. The summed E-state index contributed by atoms with van der Waals surface area (Å²) in [6.07, 6.45) is 2.35. The second-order valence-corrected chi connectivity index (χ2v) is 8.08. The Morgan fingerprint density at radius 3 is 2.32 bits per heavy atom. The third kappa shape index (κ3) is 5.55. The number of benzene rings is 3. The van der Waals surface area contributed by atoms with Crippen molar-refractivity contribution in [1.82, 2.24) is 4.98 Å². The van der Waals surface area contributed by atoms with Gasteiger partial charge in [0.25, 0.3) is 11.8 Å². The maximum Gasteiger partial charge on any atom is 0.340 e. The van der Waals surface area contributed by atoms with Crippen molar-refractivity contribution in [2.45, 2.75) is 6.54 Å². The molecule has 0 bridgehead atoms. The molecule has 0 atom stereocenters. The van der Waals surface area contributed by atoms with Crippen LogP contribution in [0.4, 0.5) is 20.2 Å². The van der Waals surface area contributed by atoms with E-state index in [1.165, 1.54) is 36.5 Å². The number of aromatic nitrogens is 1. The van der Waals surface area contributed by atoms with Gasteiger partial charge in [-0.1, -0.05) is 24.3 Å². The number of ether oxygens (including phenoxy) is 1. The third-order valence-corrected chi connectivity index (χ3v) is 5.70. The van der Waals surface area contributed by atoms with Crippen LogP contribution in [0.1, 0.15) is 36.6 Å². The second-order valence-electron chi connectivity index (χ2n) is 8.08. The van der Waals surface area contributed by atoms with Crippen LogP contribution < -0.4 is 16.4 Å². The van der Waals surface area contributed by atoms with E-state index >= 15 is 0 Å². The van der Waals surface area contributed by atoms with Crippen LogP contribution in [0.5, 0.6) is 0 Å². The van der Waals surface area contributed by atoms with Crippen molar-refractivity contribution in [3.8, 4) is 11.1 Å².